The average molecular weight is 478 g/mol. The highest BCUT2D eigenvalue weighted by Gasteiger charge is 2.31. The zero-order valence-corrected chi connectivity index (χ0v) is 19.3. The second-order valence-corrected chi connectivity index (χ2v) is 8.19. The zero-order chi connectivity index (χ0) is 24.8. The van der Waals surface area contributed by atoms with Crippen LogP contribution in [-0.4, -0.2) is 76.3 Å². The van der Waals surface area contributed by atoms with E-state index in [1.165, 1.54) is 0 Å². The Morgan fingerprint density at radius 2 is 1.41 bits per heavy atom. The summed E-state index contributed by atoms with van der Waals surface area (Å²) in [6, 6.07) is -4.70. The van der Waals surface area contributed by atoms with Gasteiger partial charge in [0, 0.05) is 5.75 Å². The van der Waals surface area contributed by atoms with Gasteiger partial charge in [-0.25, -0.2) is 4.79 Å². The predicted molar refractivity (Wildman–Crippen MR) is 120 cm³/mol. The van der Waals surface area contributed by atoms with Gasteiger partial charge in [-0.2, -0.15) is 12.6 Å². The van der Waals surface area contributed by atoms with Crippen molar-refractivity contribution in [2.75, 3.05) is 12.3 Å². The highest BCUT2D eigenvalue weighted by molar-refractivity contribution is 7.80. The lowest BCUT2D eigenvalue weighted by atomic mass is 10.0. The van der Waals surface area contributed by atoms with Crippen LogP contribution in [0.4, 0.5) is 0 Å². The number of carbonyl (C=O) groups is 5. The summed E-state index contributed by atoms with van der Waals surface area (Å²) in [6.45, 7) is 4.05. The topological polar surface area (TPSA) is 214 Å². The molecule has 4 unspecified atom stereocenters. The van der Waals surface area contributed by atoms with Gasteiger partial charge in [-0.1, -0.05) is 13.8 Å². The fraction of sp³-hybridized carbons (Fsp3) is 0.737. The highest BCUT2D eigenvalue weighted by Crippen LogP contribution is 2.08. The lowest BCUT2D eigenvalue weighted by Gasteiger charge is -2.25. The molecule has 9 N–H and O–H groups in total. The summed E-state index contributed by atoms with van der Waals surface area (Å²) < 4.78 is 0. The van der Waals surface area contributed by atoms with Gasteiger partial charge in [0.2, 0.25) is 17.7 Å². The predicted octanol–water partition coefficient (Wildman–Crippen LogP) is -1.57. The number of amides is 3. The Morgan fingerprint density at radius 1 is 0.875 bits per heavy atom. The van der Waals surface area contributed by atoms with Crippen LogP contribution in [0.5, 0.6) is 0 Å². The first kappa shape index (κ1) is 29.6. The normalized spacial score (nSPS) is 14.7. The van der Waals surface area contributed by atoms with Crippen molar-refractivity contribution in [3.8, 4) is 0 Å². The van der Waals surface area contributed by atoms with Crippen molar-refractivity contribution in [2.24, 2.45) is 17.4 Å². The summed E-state index contributed by atoms with van der Waals surface area (Å²) in [5.41, 5.74) is 11.1. The number of nitrogens with one attached hydrogen (secondary N) is 3. The molecule has 0 spiro atoms. The molecule has 184 valence electrons. The number of carboxylic acids is 2. The first-order valence-corrected chi connectivity index (χ1v) is 11.0. The van der Waals surface area contributed by atoms with Gasteiger partial charge in [-0.05, 0) is 38.1 Å². The first-order chi connectivity index (χ1) is 14.9. The van der Waals surface area contributed by atoms with Gasteiger partial charge in [0.1, 0.15) is 18.1 Å². The summed E-state index contributed by atoms with van der Waals surface area (Å²) >= 11 is 3.96. The van der Waals surface area contributed by atoms with Gasteiger partial charge in [0.25, 0.3) is 0 Å². The number of nitrogens with two attached hydrogens (primary N) is 2. The summed E-state index contributed by atoms with van der Waals surface area (Å²) in [5.74, 6) is -4.87. The van der Waals surface area contributed by atoms with Crippen molar-refractivity contribution in [3.63, 3.8) is 0 Å². The largest absolute Gasteiger partial charge is 0.481 e. The summed E-state index contributed by atoms with van der Waals surface area (Å²) in [4.78, 5) is 59.8. The minimum atomic E-state index is -1.66. The molecule has 4 atom stereocenters. The summed E-state index contributed by atoms with van der Waals surface area (Å²) in [6.07, 6.45) is 0.604. The van der Waals surface area contributed by atoms with E-state index < -0.39 is 60.2 Å². The molecule has 0 aromatic rings. The van der Waals surface area contributed by atoms with Gasteiger partial charge in [-0.3, -0.25) is 19.2 Å². The lowest BCUT2D eigenvalue weighted by molar-refractivity contribution is -0.147. The molecule has 0 aliphatic carbocycles. The van der Waals surface area contributed by atoms with Crippen LogP contribution in [0, 0.1) is 5.92 Å². The number of thiol groups is 1. The third-order valence-electron chi connectivity index (χ3n) is 4.45. The molecular weight excluding hydrogens is 442 g/mol. The van der Waals surface area contributed by atoms with E-state index in [1.807, 2.05) is 13.8 Å². The van der Waals surface area contributed by atoms with Gasteiger partial charge in [-0.15, -0.1) is 0 Å². The zero-order valence-electron chi connectivity index (χ0n) is 18.4. The maximum Gasteiger partial charge on any atom is 0.326 e. The quantitative estimate of drug-likeness (QED) is 0.0950. The Bertz CT molecular complexity index is 662. The van der Waals surface area contributed by atoms with Crippen LogP contribution >= 0.6 is 12.6 Å². The molecule has 0 bridgehead atoms. The molecule has 0 radical (unpaired) electrons. The standard InChI is InChI=1S/C19H35N5O7S/c1-10(2)7-13(23-16(27)11(21)9-32)18(29)22-12(5-3-4-6-20)17(28)24-14(19(30)31)8-15(25)26/h10-14,32H,3-9,20-21H2,1-2H3,(H,22,29)(H,23,27)(H,24,28)(H,25,26)(H,30,31). The van der Waals surface area contributed by atoms with E-state index in [0.717, 1.165) is 0 Å². The Balaban J connectivity index is 5.48. The lowest BCUT2D eigenvalue weighted by Crippen LogP contribution is -2.57. The SMILES string of the molecule is CC(C)CC(NC(=O)C(N)CS)C(=O)NC(CCCCN)C(=O)NC(CC(=O)O)C(=O)O. The minimum Gasteiger partial charge on any atom is -0.481 e. The fourth-order valence-electron chi connectivity index (χ4n) is 2.75. The van der Waals surface area contributed by atoms with Gasteiger partial charge < -0.3 is 37.6 Å². The Morgan fingerprint density at radius 3 is 1.88 bits per heavy atom. The number of carboxylic acid groups (broad SMARTS) is 2. The highest BCUT2D eigenvalue weighted by atomic mass is 32.1. The number of carbonyl (C=O) groups excluding carboxylic acids is 3. The maximum atomic E-state index is 12.9. The molecule has 32 heavy (non-hydrogen) atoms. The van der Waals surface area contributed by atoms with Crippen LogP contribution in [0.2, 0.25) is 0 Å². The van der Waals surface area contributed by atoms with E-state index in [2.05, 4.69) is 28.6 Å². The van der Waals surface area contributed by atoms with E-state index in [9.17, 15) is 24.0 Å². The fourth-order valence-corrected chi connectivity index (χ4v) is 2.91. The van der Waals surface area contributed by atoms with E-state index in [1.54, 1.807) is 0 Å². The van der Waals surface area contributed by atoms with Crippen LogP contribution in [0.3, 0.4) is 0 Å². The first-order valence-electron chi connectivity index (χ1n) is 10.3. The Labute approximate surface area is 192 Å². The molecular formula is C19H35N5O7S. The number of hydrogen-bond donors (Lipinski definition) is 8. The molecule has 0 saturated heterocycles. The Hall–Kier alpha value is -2.38. The van der Waals surface area contributed by atoms with Crippen molar-refractivity contribution in [1.82, 2.24) is 16.0 Å². The molecule has 12 nitrogen and oxygen atoms in total. The second kappa shape index (κ2) is 15.4. The second-order valence-electron chi connectivity index (χ2n) is 7.82. The van der Waals surface area contributed by atoms with E-state index in [4.69, 9.17) is 21.7 Å². The number of hydrogen-bond acceptors (Lipinski definition) is 8. The van der Waals surface area contributed by atoms with E-state index >= 15 is 0 Å². The van der Waals surface area contributed by atoms with Crippen LogP contribution in [0.25, 0.3) is 0 Å². The summed E-state index contributed by atoms with van der Waals surface area (Å²) in [7, 11) is 0. The molecule has 3 amide bonds. The molecule has 0 heterocycles. The third kappa shape index (κ3) is 11.9. The van der Waals surface area contributed by atoms with Crippen molar-refractivity contribution >= 4 is 42.3 Å². The monoisotopic (exact) mass is 477 g/mol. The molecule has 13 heteroatoms. The molecule has 0 saturated carbocycles. The maximum absolute atomic E-state index is 12.9. The number of rotatable bonds is 16. The molecule has 0 aliphatic rings. The molecule has 0 fully saturated rings. The number of unbranched alkanes of at least 4 members (excludes halogenated alkanes) is 1. The molecule has 0 aliphatic heterocycles. The molecule has 0 aromatic carbocycles. The van der Waals surface area contributed by atoms with E-state index in [0.29, 0.717) is 19.4 Å². The smallest absolute Gasteiger partial charge is 0.326 e. The van der Waals surface area contributed by atoms with Crippen LogP contribution in [0.1, 0.15) is 46.0 Å². The van der Waals surface area contributed by atoms with Gasteiger partial charge >= 0.3 is 11.9 Å². The van der Waals surface area contributed by atoms with E-state index in [-0.39, 0.29) is 24.5 Å². The van der Waals surface area contributed by atoms with Crippen LogP contribution in [-0.2, 0) is 24.0 Å². The van der Waals surface area contributed by atoms with Gasteiger partial charge in [0.05, 0.1) is 12.5 Å². The van der Waals surface area contributed by atoms with Gasteiger partial charge in [0.15, 0.2) is 0 Å². The summed E-state index contributed by atoms with van der Waals surface area (Å²) in [5, 5.41) is 25.2. The Kier molecular flexibility index (Phi) is 14.3. The minimum absolute atomic E-state index is 0.0229. The van der Waals surface area contributed by atoms with Crippen molar-refractivity contribution in [3.05, 3.63) is 0 Å². The molecule has 0 rings (SSSR count). The molecule has 0 aromatic heterocycles. The van der Waals surface area contributed by atoms with Crippen molar-refractivity contribution in [2.45, 2.75) is 70.1 Å². The number of aliphatic carboxylic acids is 2. The van der Waals surface area contributed by atoms with Crippen LogP contribution < -0.4 is 27.4 Å². The van der Waals surface area contributed by atoms with Crippen LogP contribution in [0.15, 0.2) is 0 Å². The third-order valence-corrected chi connectivity index (χ3v) is 4.84. The van der Waals surface area contributed by atoms with Crippen molar-refractivity contribution in [1.29, 1.82) is 0 Å². The van der Waals surface area contributed by atoms with Crippen molar-refractivity contribution < 1.29 is 34.2 Å². The average Bonchev–Trinajstić information content (AvgIpc) is 2.70.